The molecule has 1 aromatic carbocycles. The fourth-order valence-electron chi connectivity index (χ4n) is 1.90. The second-order valence-electron chi connectivity index (χ2n) is 4.73. The molecule has 0 aliphatic carbocycles. The molecule has 0 heterocycles. The van der Waals surface area contributed by atoms with Gasteiger partial charge in [0.15, 0.2) is 5.78 Å². The minimum absolute atomic E-state index is 0.118. The second kappa shape index (κ2) is 9.37. The molecule has 1 rings (SSSR count). The van der Waals surface area contributed by atoms with Crippen molar-refractivity contribution in [2.24, 2.45) is 0 Å². The number of carbonyl (C=O) groups is 1. The van der Waals surface area contributed by atoms with E-state index >= 15 is 0 Å². The van der Waals surface area contributed by atoms with E-state index in [0.717, 1.165) is 31.6 Å². The van der Waals surface area contributed by atoms with Crippen LogP contribution < -0.4 is 4.74 Å². The molecule has 1 aromatic rings. The Bertz CT molecular complexity index is 396. The van der Waals surface area contributed by atoms with Crippen LogP contribution >= 0.6 is 0 Å². The van der Waals surface area contributed by atoms with Crippen molar-refractivity contribution >= 4 is 5.78 Å². The molecule has 0 atom stereocenters. The molecule has 0 bridgehead atoms. The molecule has 0 fully saturated rings. The van der Waals surface area contributed by atoms with Gasteiger partial charge in [-0.3, -0.25) is 4.79 Å². The first-order chi connectivity index (χ1) is 9.26. The van der Waals surface area contributed by atoms with Crippen molar-refractivity contribution in [3.05, 3.63) is 42.5 Å². The molecule has 0 aliphatic rings. The number of aryl methyl sites for hydroxylation is 1. The third-order valence-corrected chi connectivity index (χ3v) is 3.03. The highest BCUT2D eigenvalue weighted by Crippen LogP contribution is 2.16. The lowest BCUT2D eigenvalue weighted by Crippen LogP contribution is -1.98. The summed E-state index contributed by atoms with van der Waals surface area (Å²) in [6, 6.07) is 8.16. The van der Waals surface area contributed by atoms with Gasteiger partial charge in [-0.25, -0.2) is 0 Å². The summed E-state index contributed by atoms with van der Waals surface area (Å²) >= 11 is 0. The lowest BCUT2D eigenvalue weighted by molar-refractivity contribution is -0.114. The summed E-state index contributed by atoms with van der Waals surface area (Å²) in [6.07, 6.45) is 7.27. The number of hydrogen-bond donors (Lipinski definition) is 0. The molecule has 0 N–H and O–H groups in total. The quantitative estimate of drug-likeness (QED) is 0.462. The fraction of sp³-hybridized carbons (Fsp3) is 0.471. The van der Waals surface area contributed by atoms with Gasteiger partial charge >= 0.3 is 0 Å². The molecule has 0 saturated carbocycles. The number of ketones is 1. The average Bonchev–Trinajstić information content (AvgIpc) is 2.44. The number of allylic oxidation sites excluding steroid dienone is 1. The summed E-state index contributed by atoms with van der Waals surface area (Å²) in [4.78, 5) is 11.1. The predicted molar refractivity (Wildman–Crippen MR) is 79.6 cm³/mol. The first-order valence-electron chi connectivity index (χ1n) is 7.13. The highest BCUT2D eigenvalue weighted by Gasteiger charge is 2.00. The topological polar surface area (TPSA) is 26.3 Å². The third-order valence-electron chi connectivity index (χ3n) is 3.03. The Morgan fingerprint density at radius 2 is 2.16 bits per heavy atom. The molecule has 2 nitrogen and oxygen atoms in total. The van der Waals surface area contributed by atoms with Crippen LogP contribution in [0.1, 0.15) is 44.6 Å². The summed E-state index contributed by atoms with van der Waals surface area (Å²) in [5.41, 5.74) is 1.23. The summed E-state index contributed by atoms with van der Waals surface area (Å²) in [5.74, 6) is 1.05. The minimum atomic E-state index is 0.118. The van der Waals surface area contributed by atoms with Crippen molar-refractivity contribution in [3.8, 4) is 5.75 Å². The number of ether oxygens (including phenoxy) is 1. The van der Waals surface area contributed by atoms with Gasteiger partial charge in [-0.15, -0.1) is 0 Å². The Labute approximate surface area is 116 Å². The third kappa shape index (κ3) is 6.80. The molecule has 0 spiro atoms. The number of rotatable bonds is 10. The Hall–Kier alpha value is -1.57. The first kappa shape index (κ1) is 15.5. The smallest absolute Gasteiger partial charge is 0.155 e. The summed E-state index contributed by atoms with van der Waals surface area (Å²) in [6.45, 7) is 6.45. The molecule has 0 aromatic heterocycles. The van der Waals surface area contributed by atoms with Gasteiger partial charge in [0.2, 0.25) is 0 Å². The first-order valence-corrected chi connectivity index (χ1v) is 7.13. The summed E-state index contributed by atoms with van der Waals surface area (Å²) < 4.78 is 5.71. The van der Waals surface area contributed by atoms with Gasteiger partial charge in [0, 0.05) is 6.42 Å². The van der Waals surface area contributed by atoms with Crippen molar-refractivity contribution < 1.29 is 9.53 Å². The van der Waals surface area contributed by atoms with E-state index in [0.29, 0.717) is 6.42 Å². The lowest BCUT2D eigenvalue weighted by Gasteiger charge is -2.07. The largest absolute Gasteiger partial charge is 0.494 e. The molecule has 19 heavy (non-hydrogen) atoms. The molecule has 0 amide bonds. The van der Waals surface area contributed by atoms with Crippen LogP contribution in [-0.4, -0.2) is 12.4 Å². The van der Waals surface area contributed by atoms with E-state index in [1.807, 2.05) is 12.1 Å². The van der Waals surface area contributed by atoms with Gasteiger partial charge in [-0.05, 0) is 43.0 Å². The maximum atomic E-state index is 11.1. The lowest BCUT2D eigenvalue weighted by atomic mass is 10.1. The van der Waals surface area contributed by atoms with E-state index in [9.17, 15) is 4.79 Å². The van der Waals surface area contributed by atoms with E-state index in [-0.39, 0.29) is 5.78 Å². The van der Waals surface area contributed by atoms with E-state index in [2.05, 4.69) is 25.6 Å². The molecular formula is C17H24O2. The van der Waals surface area contributed by atoms with Crippen molar-refractivity contribution in [3.63, 3.8) is 0 Å². The fourth-order valence-corrected chi connectivity index (χ4v) is 1.90. The highest BCUT2D eigenvalue weighted by molar-refractivity contribution is 5.88. The Morgan fingerprint density at radius 3 is 2.89 bits per heavy atom. The molecule has 0 radical (unpaired) electrons. The number of hydrogen-bond acceptors (Lipinski definition) is 2. The van der Waals surface area contributed by atoms with Crippen LogP contribution in [0.5, 0.6) is 5.75 Å². The zero-order valence-corrected chi connectivity index (χ0v) is 11.9. The highest BCUT2D eigenvalue weighted by atomic mass is 16.5. The van der Waals surface area contributed by atoms with Crippen molar-refractivity contribution in [1.82, 2.24) is 0 Å². The van der Waals surface area contributed by atoms with Gasteiger partial charge < -0.3 is 4.74 Å². The van der Waals surface area contributed by atoms with Crippen molar-refractivity contribution in [2.75, 3.05) is 6.61 Å². The number of carbonyl (C=O) groups excluding carboxylic acids is 1. The Kier molecular flexibility index (Phi) is 7.64. The normalized spacial score (nSPS) is 10.2. The second-order valence-corrected chi connectivity index (χ2v) is 4.73. The van der Waals surface area contributed by atoms with E-state index in [1.165, 1.54) is 24.5 Å². The van der Waals surface area contributed by atoms with Crippen LogP contribution in [0, 0.1) is 0 Å². The maximum Gasteiger partial charge on any atom is 0.155 e. The molecule has 0 aliphatic heterocycles. The van der Waals surface area contributed by atoms with Gasteiger partial charge in [0.1, 0.15) is 5.75 Å². The molecule has 0 unspecified atom stereocenters. The van der Waals surface area contributed by atoms with E-state index in [4.69, 9.17) is 4.74 Å². The van der Waals surface area contributed by atoms with Crippen LogP contribution in [0.4, 0.5) is 0 Å². The molecule has 0 saturated heterocycles. The minimum Gasteiger partial charge on any atom is -0.494 e. The molecule has 2 heteroatoms. The van der Waals surface area contributed by atoms with E-state index < -0.39 is 0 Å². The van der Waals surface area contributed by atoms with Gasteiger partial charge in [0.25, 0.3) is 0 Å². The zero-order valence-electron chi connectivity index (χ0n) is 11.9. The van der Waals surface area contributed by atoms with Crippen molar-refractivity contribution in [2.45, 2.75) is 45.4 Å². The predicted octanol–water partition coefficient (Wildman–Crippen LogP) is 4.33. The molecular weight excluding hydrogens is 236 g/mol. The van der Waals surface area contributed by atoms with Crippen LogP contribution in [0.15, 0.2) is 36.9 Å². The summed E-state index contributed by atoms with van der Waals surface area (Å²) in [5, 5.41) is 0. The van der Waals surface area contributed by atoms with Gasteiger partial charge in [-0.1, -0.05) is 38.5 Å². The Morgan fingerprint density at radius 1 is 1.32 bits per heavy atom. The monoisotopic (exact) mass is 260 g/mol. The van der Waals surface area contributed by atoms with Crippen LogP contribution in [-0.2, 0) is 11.2 Å². The van der Waals surface area contributed by atoms with Gasteiger partial charge in [0.05, 0.1) is 6.61 Å². The number of unbranched alkanes of at least 4 members (excludes halogenated alkanes) is 2. The van der Waals surface area contributed by atoms with Crippen LogP contribution in [0.3, 0.4) is 0 Å². The van der Waals surface area contributed by atoms with Gasteiger partial charge in [-0.2, -0.15) is 0 Å². The average molecular weight is 260 g/mol. The van der Waals surface area contributed by atoms with Crippen LogP contribution in [0.2, 0.25) is 0 Å². The summed E-state index contributed by atoms with van der Waals surface area (Å²) in [7, 11) is 0. The number of benzene rings is 1. The zero-order chi connectivity index (χ0) is 13.9. The SMILES string of the molecule is C=CC(=O)CCCc1cccc(OCCCCC)c1. The van der Waals surface area contributed by atoms with Crippen molar-refractivity contribution in [1.29, 1.82) is 0 Å². The standard InChI is InChI=1S/C17H24O2/c1-3-5-6-13-19-17-12-8-10-15(14-17)9-7-11-16(18)4-2/h4,8,10,12,14H,2-3,5-7,9,11,13H2,1H3. The Balaban J connectivity index is 2.34. The molecule has 104 valence electrons. The van der Waals surface area contributed by atoms with E-state index in [1.54, 1.807) is 0 Å². The van der Waals surface area contributed by atoms with Crippen LogP contribution in [0.25, 0.3) is 0 Å². The maximum absolute atomic E-state index is 11.1.